The fraction of sp³-hybridized carbons (Fsp3) is 0.217. The Labute approximate surface area is 166 Å². The summed E-state index contributed by atoms with van der Waals surface area (Å²) in [5, 5.41) is 0. The van der Waals surface area contributed by atoms with Crippen molar-refractivity contribution in [3.05, 3.63) is 98.1 Å². The molecule has 0 saturated heterocycles. The Bertz CT molecular complexity index is 1170. The molecular formula is C23H19F3N2O. The first-order valence-electron chi connectivity index (χ1n) is 8.97. The number of nitrogens with zero attached hydrogens (tertiary/aromatic N) is 2. The Morgan fingerprint density at radius 2 is 1.59 bits per heavy atom. The summed E-state index contributed by atoms with van der Waals surface area (Å²) in [6.07, 6.45) is -4.79. The number of hydrogen-bond acceptors (Lipinski definition) is 1. The Hall–Kier alpha value is -3.33. The number of benzene rings is 2. The van der Waals surface area contributed by atoms with E-state index in [2.05, 4.69) is 4.85 Å². The molecule has 0 unspecified atom stereocenters. The number of rotatable bonds is 3. The van der Waals surface area contributed by atoms with E-state index in [1.165, 1.54) is 4.57 Å². The van der Waals surface area contributed by atoms with Crippen LogP contribution in [0.2, 0.25) is 0 Å². The van der Waals surface area contributed by atoms with Crippen molar-refractivity contribution in [2.24, 2.45) is 0 Å². The lowest BCUT2D eigenvalue weighted by Gasteiger charge is -2.19. The molecule has 3 rings (SSSR count). The van der Waals surface area contributed by atoms with Gasteiger partial charge in [0.05, 0.1) is 18.7 Å². The lowest BCUT2D eigenvalue weighted by atomic mass is 10.0. The van der Waals surface area contributed by atoms with Crippen LogP contribution in [0.1, 0.15) is 27.8 Å². The van der Waals surface area contributed by atoms with Gasteiger partial charge in [-0.3, -0.25) is 4.79 Å². The standard InChI is InChI=1S/C23H19F3N2O/c1-14-5-8-17(9-6-14)20-12-19(23(24,25)26)21(27-4)22(29)28(20)13-18-10-7-15(2)11-16(18)3/h5-12H,13H2,1-3H3. The summed E-state index contributed by atoms with van der Waals surface area (Å²) in [5.74, 6) is 0. The van der Waals surface area contributed by atoms with E-state index >= 15 is 0 Å². The molecule has 1 heterocycles. The molecule has 0 bridgehead atoms. The first kappa shape index (κ1) is 20.4. The third kappa shape index (κ3) is 4.09. The molecule has 0 saturated carbocycles. The van der Waals surface area contributed by atoms with E-state index < -0.39 is 23.0 Å². The molecule has 0 aliphatic heterocycles. The highest BCUT2D eigenvalue weighted by Gasteiger charge is 2.36. The van der Waals surface area contributed by atoms with Gasteiger partial charge in [0.1, 0.15) is 0 Å². The minimum Gasteiger partial charge on any atom is -0.313 e. The van der Waals surface area contributed by atoms with Crippen LogP contribution in [0.4, 0.5) is 18.9 Å². The number of aromatic nitrogens is 1. The number of aryl methyl sites for hydroxylation is 3. The lowest BCUT2D eigenvalue weighted by Crippen LogP contribution is -2.25. The number of halogens is 3. The van der Waals surface area contributed by atoms with Gasteiger partial charge in [0, 0.05) is 5.69 Å². The van der Waals surface area contributed by atoms with Gasteiger partial charge < -0.3 is 4.57 Å². The third-order valence-corrected chi connectivity index (χ3v) is 4.87. The van der Waals surface area contributed by atoms with Crippen molar-refractivity contribution in [2.75, 3.05) is 0 Å². The van der Waals surface area contributed by atoms with E-state index in [0.717, 1.165) is 28.3 Å². The topological polar surface area (TPSA) is 26.4 Å². The predicted octanol–water partition coefficient (Wildman–Crippen LogP) is 6.06. The van der Waals surface area contributed by atoms with Crippen LogP contribution >= 0.6 is 0 Å². The Morgan fingerprint density at radius 3 is 2.14 bits per heavy atom. The van der Waals surface area contributed by atoms with Crippen molar-refractivity contribution < 1.29 is 13.2 Å². The largest absolute Gasteiger partial charge is 0.407 e. The highest BCUT2D eigenvalue weighted by Crippen LogP contribution is 2.37. The number of alkyl halides is 3. The van der Waals surface area contributed by atoms with Crippen LogP contribution in [0.15, 0.2) is 53.3 Å². The molecule has 0 fully saturated rings. The summed E-state index contributed by atoms with van der Waals surface area (Å²) in [4.78, 5) is 15.9. The minimum absolute atomic E-state index is 0.0782. The minimum atomic E-state index is -4.79. The molecule has 0 N–H and O–H groups in total. The zero-order valence-corrected chi connectivity index (χ0v) is 16.3. The molecule has 0 aliphatic rings. The maximum absolute atomic E-state index is 13.6. The van der Waals surface area contributed by atoms with Crippen LogP contribution in [0.25, 0.3) is 16.1 Å². The van der Waals surface area contributed by atoms with Gasteiger partial charge in [-0.1, -0.05) is 53.6 Å². The summed E-state index contributed by atoms with van der Waals surface area (Å²) in [6.45, 7) is 12.9. The van der Waals surface area contributed by atoms with Crippen molar-refractivity contribution in [1.82, 2.24) is 4.57 Å². The van der Waals surface area contributed by atoms with Crippen LogP contribution in [0.5, 0.6) is 0 Å². The van der Waals surface area contributed by atoms with Gasteiger partial charge >= 0.3 is 6.18 Å². The molecule has 3 aromatic rings. The fourth-order valence-corrected chi connectivity index (χ4v) is 3.27. The van der Waals surface area contributed by atoms with Crippen molar-refractivity contribution >= 4 is 5.69 Å². The Kier molecular flexibility index (Phi) is 5.34. The first-order valence-corrected chi connectivity index (χ1v) is 8.97. The molecule has 0 atom stereocenters. The predicted molar refractivity (Wildman–Crippen MR) is 107 cm³/mol. The third-order valence-electron chi connectivity index (χ3n) is 4.87. The van der Waals surface area contributed by atoms with Crippen LogP contribution in [-0.4, -0.2) is 4.57 Å². The maximum atomic E-state index is 13.6. The molecular weight excluding hydrogens is 377 g/mol. The second-order valence-corrected chi connectivity index (χ2v) is 7.09. The summed E-state index contributed by atoms with van der Waals surface area (Å²) in [5.41, 5.74) is 1.30. The number of hydrogen-bond donors (Lipinski definition) is 0. The second-order valence-electron chi connectivity index (χ2n) is 7.09. The van der Waals surface area contributed by atoms with E-state index in [1.54, 1.807) is 24.3 Å². The summed E-state index contributed by atoms with van der Waals surface area (Å²) < 4.78 is 41.9. The van der Waals surface area contributed by atoms with E-state index in [4.69, 9.17) is 6.57 Å². The Balaban J connectivity index is 2.31. The molecule has 3 nitrogen and oxygen atoms in total. The van der Waals surface area contributed by atoms with Crippen molar-refractivity contribution in [3.63, 3.8) is 0 Å². The molecule has 1 aromatic heterocycles. The average Bonchev–Trinajstić information content (AvgIpc) is 2.64. The second kappa shape index (κ2) is 7.59. The molecule has 0 spiro atoms. The van der Waals surface area contributed by atoms with Crippen LogP contribution in [-0.2, 0) is 12.7 Å². The molecule has 29 heavy (non-hydrogen) atoms. The van der Waals surface area contributed by atoms with E-state index in [-0.39, 0.29) is 12.2 Å². The van der Waals surface area contributed by atoms with E-state index in [1.807, 2.05) is 39.0 Å². The van der Waals surface area contributed by atoms with E-state index in [0.29, 0.717) is 5.56 Å². The molecule has 6 heteroatoms. The van der Waals surface area contributed by atoms with Gasteiger partial charge in [0.15, 0.2) is 0 Å². The summed E-state index contributed by atoms with van der Waals surface area (Å²) in [6, 6.07) is 13.5. The first-order chi connectivity index (χ1) is 13.6. The zero-order chi connectivity index (χ0) is 21.3. The number of pyridine rings is 1. The van der Waals surface area contributed by atoms with Crippen LogP contribution in [0, 0.1) is 27.3 Å². The van der Waals surface area contributed by atoms with Gasteiger partial charge in [0.25, 0.3) is 11.2 Å². The molecule has 0 amide bonds. The van der Waals surface area contributed by atoms with Crippen molar-refractivity contribution in [2.45, 2.75) is 33.5 Å². The zero-order valence-electron chi connectivity index (χ0n) is 16.3. The van der Waals surface area contributed by atoms with Gasteiger partial charge in [-0.2, -0.15) is 13.2 Å². The van der Waals surface area contributed by atoms with Crippen LogP contribution in [0.3, 0.4) is 0 Å². The van der Waals surface area contributed by atoms with Crippen molar-refractivity contribution in [1.29, 1.82) is 0 Å². The lowest BCUT2D eigenvalue weighted by molar-refractivity contribution is -0.136. The monoisotopic (exact) mass is 396 g/mol. The highest BCUT2D eigenvalue weighted by molar-refractivity contribution is 5.66. The van der Waals surface area contributed by atoms with Gasteiger partial charge in [0.2, 0.25) is 0 Å². The van der Waals surface area contributed by atoms with Crippen LogP contribution < -0.4 is 5.56 Å². The van der Waals surface area contributed by atoms with Gasteiger partial charge in [-0.05, 0) is 43.5 Å². The SMILES string of the molecule is [C-]#[N+]c1c(C(F)(F)F)cc(-c2ccc(C)cc2)n(Cc2ccc(C)cc2C)c1=O. The fourth-order valence-electron chi connectivity index (χ4n) is 3.27. The summed E-state index contributed by atoms with van der Waals surface area (Å²) in [7, 11) is 0. The molecule has 148 valence electrons. The van der Waals surface area contributed by atoms with E-state index in [9.17, 15) is 18.0 Å². The molecule has 2 aromatic carbocycles. The normalized spacial score (nSPS) is 11.3. The molecule has 0 radical (unpaired) electrons. The quantitative estimate of drug-likeness (QED) is 0.495. The highest BCUT2D eigenvalue weighted by atomic mass is 19.4. The van der Waals surface area contributed by atoms with Gasteiger partial charge in [-0.15, -0.1) is 0 Å². The van der Waals surface area contributed by atoms with Crippen molar-refractivity contribution in [3.8, 4) is 11.3 Å². The summed E-state index contributed by atoms with van der Waals surface area (Å²) >= 11 is 0. The molecule has 0 aliphatic carbocycles. The average molecular weight is 396 g/mol. The maximum Gasteiger partial charge on any atom is 0.407 e. The smallest absolute Gasteiger partial charge is 0.313 e. The Morgan fingerprint density at radius 1 is 0.966 bits per heavy atom. The van der Waals surface area contributed by atoms with Gasteiger partial charge in [-0.25, -0.2) is 4.85 Å².